The van der Waals surface area contributed by atoms with Crippen molar-refractivity contribution in [1.29, 1.82) is 0 Å². The molecule has 2 heterocycles. The molecule has 1 N–H and O–H groups in total. The first-order valence-corrected chi connectivity index (χ1v) is 6.42. The minimum absolute atomic E-state index is 0.190. The molecule has 6 heteroatoms. The summed E-state index contributed by atoms with van der Waals surface area (Å²) in [4.78, 5) is 21.9. The van der Waals surface area contributed by atoms with Crippen LogP contribution in [0.3, 0.4) is 0 Å². The molecule has 0 radical (unpaired) electrons. The Bertz CT molecular complexity index is 476. The Kier molecular flexibility index (Phi) is 3.99. The van der Waals surface area contributed by atoms with E-state index in [1.165, 1.54) is 0 Å². The van der Waals surface area contributed by atoms with E-state index in [2.05, 4.69) is 9.97 Å². The van der Waals surface area contributed by atoms with Crippen molar-refractivity contribution in [2.45, 2.75) is 32.7 Å². The van der Waals surface area contributed by atoms with Crippen LogP contribution in [0.4, 0.5) is 5.82 Å². The standard InChI is InChI=1S/C13H19N3O3/c1-8(2)12-14-9(3)6-11(15-12)16-4-5-19-7-10(16)13(17)18/h6,8,10H,4-5,7H2,1-3H3,(H,17,18). The maximum Gasteiger partial charge on any atom is 0.328 e. The summed E-state index contributed by atoms with van der Waals surface area (Å²) in [5.41, 5.74) is 0.851. The molecule has 0 saturated carbocycles. The minimum atomic E-state index is -0.887. The zero-order chi connectivity index (χ0) is 14.0. The minimum Gasteiger partial charge on any atom is -0.480 e. The SMILES string of the molecule is Cc1cc(N2CCOCC2C(=O)O)nc(C(C)C)n1. The second kappa shape index (κ2) is 5.52. The zero-order valence-corrected chi connectivity index (χ0v) is 11.5. The lowest BCUT2D eigenvalue weighted by Gasteiger charge is -2.34. The van der Waals surface area contributed by atoms with Crippen molar-refractivity contribution in [1.82, 2.24) is 9.97 Å². The highest BCUT2D eigenvalue weighted by Crippen LogP contribution is 2.21. The number of aryl methyl sites for hydroxylation is 1. The van der Waals surface area contributed by atoms with Crippen LogP contribution in [0.15, 0.2) is 6.07 Å². The molecule has 19 heavy (non-hydrogen) atoms. The van der Waals surface area contributed by atoms with Crippen LogP contribution in [-0.2, 0) is 9.53 Å². The van der Waals surface area contributed by atoms with Gasteiger partial charge in [-0.15, -0.1) is 0 Å². The van der Waals surface area contributed by atoms with Gasteiger partial charge in [0.05, 0.1) is 13.2 Å². The topological polar surface area (TPSA) is 75.5 Å². The third kappa shape index (κ3) is 3.01. The number of anilines is 1. The van der Waals surface area contributed by atoms with Gasteiger partial charge in [0.25, 0.3) is 0 Å². The third-order valence-electron chi connectivity index (χ3n) is 3.08. The molecule has 1 aromatic heterocycles. The maximum absolute atomic E-state index is 11.3. The fraction of sp³-hybridized carbons (Fsp3) is 0.615. The molecule has 1 aromatic rings. The van der Waals surface area contributed by atoms with E-state index in [1.54, 1.807) is 4.90 Å². The number of carboxylic acids is 1. The van der Waals surface area contributed by atoms with Crippen molar-refractivity contribution < 1.29 is 14.6 Å². The first kappa shape index (κ1) is 13.7. The van der Waals surface area contributed by atoms with Crippen LogP contribution in [0.1, 0.15) is 31.3 Å². The van der Waals surface area contributed by atoms with E-state index >= 15 is 0 Å². The number of carboxylic acid groups (broad SMARTS) is 1. The van der Waals surface area contributed by atoms with Crippen LogP contribution in [0.2, 0.25) is 0 Å². The highest BCUT2D eigenvalue weighted by Gasteiger charge is 2.30. The molecule has 0 amide bonds. The maximum atomic E-state index is 11.3. The number of nitrogens with zero attached hydrogens (tertiary/aromatic N) is 3. The van der Waals surface area contributed by atoms with Gasteiger partial charge in [0.2, 0.25) is 0 Å². The number of hydrogen-bond donors (Lipinski definition) is 1. The molecule has 1 atom stereocenters. The Labute approximate surface area is 112 Å². The molecule has 1 unspecified atom stereocenters. The normalized spacial score (nSPS) is 19.8. The molecule has 2 rings (SSSR count). The molecule has 0 bridgehead atoms. The number of aliphatic carboxylic acids is 1. The lowest BCUT2D eigenvalue weighted by molar-refractivity contribution is -0.141. The Morgan fingerprint density at radius 2 is 2.26 bits per heavy atom. The Morgan fingerprint density at radius 3 is 2.89 bits per heavy atom. The van der Waals surface area contributed by atoms with Gasteiger partial charge in [0, 0.05) is 24.2 Å². The van der Waals surface area contributed by atoms with E-state index in [1.807, 2.05) is 26.8 Å². The van der Waals surface area contributed by atoms with Gasteiger partial charge in [-0.1, -0.05) is 13.8 Å². The smallest absolute Gasteiger partial charge is 0.328 e. The van der Waals surface area contributed by atoms with Gasteiger partial charge in [-0.2, -0.15) is 0 Å². The number of rotatable bonds is 3. The van der Waals surface area contributed by atoms with Gasteiger partial charge < -0.3 is 14.7 Å². The largest absolute Gasteiger partial charge is 0.480 e. The first-order valence-electron chi connectivity index (χ1n) is 6.42. The van der Waals surface area contributed by atoms with Crippen molar-refractivity contribution in [2.24, 2.45) is 0 Å². The molecule has 0 aliphatic carbocycles. The number of ether oxygens (including phenoxy) is 1. The fourth-order valence-electron chi connectivity index (χ4n) is 2.06. The molecule has 6 nitrogen and oxygen atoms in total. The van der Waals surface area contributed by atoms with Gasteiger partial charge in [-0.05, 0) is 6.92 Å². The lowest BCUT2D eigenvalue weighted by atomic mass is 10.2. The Balaban J connectivity index is 2.35. The van der Waals surface area contributed by atoms with Crippen LogP contribution in [0.5, 0.6) is 0 Å². The van der Waals surface area contributed by atoms with Crippen molar-refractivity contribution in [2.75, 3.05) is 24.7 Å². The van der Waals surface area contributed by atoms with E-state index in [9.17, 15) is 9.90 Å². The predicted molar refractivity (Wildman–Crippen MR) is 70.4 cm³/mol. The summed E-state index contributed by atoms with van der Waals surface area (Å²) in [6.45, 7) is 7.18. The highest BCUT2D eigenvalue weighted by molar-refractivity contribution is 5.78. The lowest BCUT2D eigenvalue weighted by Crippen LogP contribution is -2.50. The van der Waals surface area contributed by atoms with Crippen LogP contribution >= 0.6 is 0 Å². The molecule has 1 aliphatic heterocycles. The quantitative estimate of drug-likeness (QED) is 0.885. The average Bonchev–Trinajstić information content (AvgIpc) is 2.37. The fourth-order valence-corrected chi connectivity index (χ4v) is 2.06. The van der Waals surface area contributed by atoms with Gasteiger partial charge in [0.1, 0.15) is 11.6 Å². The molecule has 1 saturated heterocycles. The molecule has 1 fully saturated rings. The van der Waals surface area contributed by atoms with Crippen LogP contribution in [-0.4, -0.2) is 46.8 Å². The highest BCUT2D eigenvalue weighted by atomic mass is 16.5. The Hall–Kier alpha value is -1.69. The molecule has 0 aromatic carbocycles. The summed E-state index contributed by atoms with van der Waals surface area (Å²) in [6.07, 6.45) is 0. The van der Waals surface area contributed by atoms with Gasteiger partial charge in [-0.25, -0.2) is 14.8 Å². The monoisotopic (exact) mass is 265 g/mol. The summed E-state index contributed by atoms with van der Waals surface area (Å²) >= 11 is 0. The molecule has 0 spiro atoms. The summed E-state index contributed by atoms with van der Waals surface area (Å²) < 4.78 is 5.24. The summed E-state index contributed by atoms with van der Waals surface area (Å²) in [5.74, 6) is 0.738. The van der Waals surface area contributed by atoms with Gasteiger partial charge in [-0.3, -0.25) is 0 Å². The van der Waals surface area contributed by atoms with E-state index in [0.717, 1.165) is 11.5 Å². The molecular weight excluding hydrogens is 246 g/mol. The number of hydrogen-bond acceptors (Lipinski definition) is 5. The summed E-state index contributed by atoms with van der Waals surface area (Å²) in [5, 5.41) is 9.25. The molecular formula is C13H19N3O3. The average molecular weight is 265 g/mol. The first-order chi connectivity index (χ1) is 8.99. The summed E-state index contributed by atoms with van der Waals surface area (Å²) in [7, 11) is 0. The van der Waals surface area contributed by atoms with E-state index in [0.29, 0.717) is 19.0 Å². The third-order valence-corrected chi connectivity index (χ3v) is 3.08. The van der Waals surface area contributed by atoms with E-state index in [-0.39, 0.29) is 12.5 Å². The van der Waals surface area contributed by atoms with Crippen LogP contribution in [0, 0.1) is 6.92 Å². The molecule has 1 aliphatic rings. The van der Waals surface area contributed by atoms with Gasteiger partial charge in [0.15, 0.2) is 6.04 Å². The van der Waals surface area contributed by atoms with Crippen LogP contribution in [0.25, 0.3) is 0 Å². The summed E-state index contributed by atoms with van der Waals surface area (Å²) in [6, 6.07) is 1.15. The second-order valence-electron chi connectivity index (χ2n) is 5.00. The van der Waals surface area contributed by atoms with E-state index in [4.69, 9.17) is 4.74 Å². The van der Waals surface area contributed by atoms with Crippen molar-refractivity contribution in [3.8, 4) is 0 Å². The van der Waals surface area contributed by atoms with Crippen molar-refractivity contribution in [3.63, 3.8) is 0 Å². The second-order valence-corrected chi connectivity index (χ2v) is 5.00. The van der Waals surface area contributed by atoms with Crippen LogP contribution < -0.4 is 4.90 Å². The zero-order valence-electron chi connectivity index (χ0n) is 11.5. The number of morpholine rings is 1. The van der Waals surface area contributed by atoms with Gasteiger partial charge >= 0.3 is 5.97 Å². The number of carbonyl (C=O) groups is 1. The van der Waals surface area contributed by atoms with Crippen molar-refractivity contribution in [3.05, 3.63) is 17.6 Å². The van der Waals surface area contributed by atoms with E-state index < -0.39 is 12.0 Å². The predicted octanol–water partition coefficient (Wildman–Crippen LogP) is 1.20. The molecule has 104 valence electrons. The Morgan fingerprint density at radius 1 is 1.53 bits per heavy atom. The number of aromatic nitrogens is 2. The van der Waals surface area contributed by atoms with Crippen molar-refractivity contribution >= 4 is 11.8 Å².